The van der Waals surface area contributed by atoms with Crippen LogP contribution >= 0.6 is 27.5 Å². The average molecular weight is 329 g/mol. The van der Waals surface area contributed by atoms with E-state index in [-0.39, 0.29) is 0 Å². The van der Waals surface area contributed by atoms with Crippen LogP contribution in [0.4, 0.5) is 0 Å². The quantitative estimate of drug-likeness (QED) is 0.854. The number of rotatable bonds is 5. The maximum atomic E-state index is 6.04. The molecule has 0 saturated carbocycles. The molecule has 2 rings (SSSR count). The molecular formula is C13H15BrClN3. The molecule has 3 nitrogen and oxygen atoms in total. The summed E-state index contributed by atoms with van der Waals surface area (Å²) in [5.74, 6) is 1.09. The summed E-state index contributed by atoms with van der Waals surface area (Å²) in [7, 11) is 2.01. The van der Waals surface area contributed by atoms with Gasteiger partial charge in [-0.05, 0) is 33.6 Å². The third kappa shape index (κ3) is 3.57. The second-order valence-corrected chi connectivity index (χ2v) is 5.39. The number of nitrogens with zero attached hydrogens (tertiary/aromatic N) is 2. The van der Waals surface area contributed by atoms with E-state index in [0.717, 1.165) is 34.8 Å². The smallest absolute Gasteiger partial charge is 0.109 e. The van der Waals surface area contributed by atoms with E-state index < -0.39 is 0 Å². The summed E-state index contributed by atoms with van der Waals surface area (Å²) in [6.07, 6.45) is 4.71. The molecule has 0 atom stereocenters. The van der Waals surface area contributed by atoms with Crippen molar-refractivity contribution in [2.75, 3.05) is 6.54 Å². The topological polar surface area (TPSA) is 29.9 Å². The van der Waals surface area contributed by atoms with Crippen LogP contribution in [0.3, 0.4) is 0 Å². The van der Waals surface area contributed by atoms with Crippen molar-refractivity contribution in [3.8, 4) is 0 Å². The molecule has 18 heavy (non-hydrogen) atoms. The number of aromatic nitrogens is 2. The summed E-state index contributed by atoms with van der Waals surface area (Å²) in [6.45, 7) is 1.72. The van der Waals surface area contributed by atoms with E-state index in [1.807, 2.05) is 36.1 Å². The van der Waals surface area contributed by atoms with Crippen LogP contribution in [0.25, 0.3) is 0 Å². The van der Waals surface area contributed by atoms with E-state index in [1.54, 1.807) is 0 Å². The minimum absolute atomic E-state index is 0.749. The van der Waals surface area contributed by atoms with Gasteiger partial charge in [0.25, 0.3) is 0 Å². The maximum Gasteiger partial charge on any atom is 0.109 e. The lowest BCUT2D eigenvalue weighted by molar-refractivity contribution is 0.655. The molecule has 0 radical (unpaired) electrons. The summed E-state index contributed by atoms with van der Waals surface area (Å²) in [6, 6.07) is 6.00. The van der Waals surface area contributed by atoms with Gasteiger partial charge in [-0.15, -0.1) is 0 Å². The van der Waals surface area contributed by atoms with Crippen molar-refractivity contribution in [3.05, 3.63) is 51.5 Å². The predicted octanol–water partition coefficient (Wildman–Crippen LogP) is 3.17. The molecule has 0 spiro atoms. The van der Waals surface area contributed by atoms with Gasteiger partial charge in [-0.2, -0.15) is 0 Å². The molecule has 0 saturated heterocycles. The molecule has 96 valence electrons. The van der Waals surface area contributed by atoms with Crippen LogP contribution in [0.1, 0.15) is 11.4 Å². The molecule has 1 heterocycles. The van der Waals surface area contributed by atoms with Crippen LogP contribution in [-0.2, 0) is 20.0 Å². The highest BCUT2D eigenvalue weighted by Crippen LogP contribution is 2.22. The van der Waals surface area contributed by atoms with E-state index in [1.165, 1.54) is 5.56 Å². The number of halogens is 2. The first-order chi connectivity index (χ1) is 8.66. The van der Waals surface area contributed by atoms with Crippen LogP contribution in [0.15, 0.2) is 35.1 Å². The largest absolute Gasteiger partial charge is 0.338 e. The first-order valence-electron chi connectivity index (χ1n) is 5.77. The van der Waals surface area contributed by atoms with Gasteiger partial charge >= 0.3 is 0 Å². The Balaban J connectivity index is 1.78. The zero-order chi connectivity index (χ0) is 13.0. The zero-order valence-electron chi connectivity index (χ0n) is 10.2. The second-order valence-electron chi connectivity index (χ2n) is 4.13. The molecule has 0 amide bonds. The van der Waals surface area contributed by atoms with Crippen LogP contribution in [-0.4, -0.2) is 16.1 Å². The molecule has 5 heteroatoms. The molecule has 0 unspecified atom stereocenters. The molecule has 0 fully saturated rings. The molecule has 1 aromatic carbocycles. The third-order valence-electron chi connectivity index (χ3n) is 2.76. The molecule has 0 bridgehead atoms. The van der Waals surface area contributed by atoms with Gasteiger partial charge in [-0.25, -0.2) is 4.98 Å². The third-order valence-corrected chi connectivity index (χ3v) is 3.99. The van der Waals surface area contributed by atoms with Crippen molar-refractivity contribution in [2.24, 2.45) is 7.05 Å². The first kappa shape index (κ1) is 13.6. The second kappa shape index (κ2) is 6.36. The van der Waals surface area contributed by atoms with Crippen molar-refractivity contribution in [1.29, 1.82) is 0 Å². The van der Waals surface area contributed by atoms with E-state index in [0.29, 0.717) is 0 Å². The first-order valence-corrected chi connectivity index (χ1v) is 6.95. The minimum Gasteiger partial charge on any atom is -0.338 e. The van der Waals surface area contributed by atoms with Gasteiger partial charge in [0.2, 0.25) is 0 Å². The Morgan fingerprint density at radius 1 is 1.44 bits per heavy atom. The summed E-state index contributed by atoms with van der Waals surface area (Å²) >= 11 is 9.42. The molecular weight excluding hydrogens is 314 g/mol. The Kier molecular flexibility index (Phi) is 4.80. The number of nitrogens with one attached hydrogen (secondary N) is 1. The summed E-state index contributed by atoms with van der Waals surface area (Å²) < 4.78 is 2.97. The van der Waals surface area contributed by atoms with Crippen molar-refractivity contribution in [2.45, 2.75) is 13.0 Å². The van der Waals surface area contributed by atoms with Gasteiger partial charge in [-0.1, -0.05) is 17.7 Å². The fourth-order valence-electron chi connectivity index (χ4n) is 1.72. The molecule has 0 aliphatic carbocycles. The normalized spacial score (nSPS) is 10.8. The van der Waals surface area contributed by atoms with Gasteiger partial charge in [0, 0.05) is 43.4 Å². The van der Waals surface area contributed by atoms with E-state index in [4.69, 9.17) is 11.6 Å². The monoisotopic (exact) mass is 327 g/mol. The molecule has 1 aromatic heterocycles. The lowest BCUT2D eigenvalue weighted by Gasteiger charge is -2.06. The maximum absolute atomic E-state index is 6.04. The summed E-state index contributed by atoms with van der Waals surface area (Å²) in [4.78, 5) is 4.28. The number of benzene rings is 1. The summed E-state index contributed by atoms with van der Waals surface area (Å²) in [5, 5.41) is 4.14. The predicted molar refractivity (Wildman–Crippen MR) is 77.8 cm³/mol. The highest BCUT2D eigenvalue weighted by atomic mass is 79.9. The zero-order valence-corrected chi connectivity index (χ0v) is 12.5. The van der Waals surface area contributed by atoms with E-state index in [9.17, 15) is 0 Å². The lowest BCUT2D eigenvalue weighted by Crippen LogP contribution is -2.18. The molecule has 1 N–H and O–H groups in total. The van der Waals surface area contributed by atoms with Crippen molar-refractivity contribution >= 4 is 27.5 Å². The van der Waals surface area contributed by atoms with Gasteiger partial charge in [-0.3, -0.25) is 0 Å². The van der Waals surface area contributed by atoms with Crippen LogP contribution in [0.2, 0.25) is 5.02 Å². The number of hydrogen-bond acceptors (Lipinski definition) is 2. The number of imidazole rings is 1. The molecule has 0 aliphatic heterocycles. The lowest BCUT2D eigenvalue weighted by atomic mass is 10.2. The Labute approximate surface area is 120 Å². The SMILES string of the molecule is Cn1ccnc1CCNCc1ccc(Br)c(Cl)c1. The van der Waals surface area contributed by atoms with Crippen molar-refractivity contribution in [1.82, 2.24) is 14.9 Å². The fraction of sp³-hybridized carbons (Fsp3) is 0.308. The van der Waals surface area contributed by atoms with Gasteiger partial charge in [0.15, 0.2) is 0 Å². The standard InChI is InChI=1S/C13H15BrClN3/c1-18-7-6-17-13(18)4-5-16-9-10-2-3-11(14)12(15)8-10/h2-3,6-8,16H,4-5,9H2,1H3. The Morgan fingerprint density at radius 2 is 2.28 bits per heavy atom. The number of hydrogen-bond donors (Lipinski definition) is 1. The average Bonchev–Trinajstić information content (AvgIpc) is 2.75. The van der Waals surface area contributed by atoms with E-state index in [2.05, 4.69) is 32.3 Å². The Morgan fingerprint density at radius 3 is 2.94 bits per heavy atom. The van der Waals surface area contributed by atoms with Crippen LogP contribution < -0.4 is 5.32 Å². The Hall–Kier alpha value is -0.840. The van der Waals surface area contributed by atoms with Crippen molar-refractivity contribution < 1.29 is 0 Å². The van der Waals surface area contributed by atoms with E-state index >= 15 is 0 Å². The highest BCUT2D eigenvalue weighted by Gasteiger charge is 2.00. The molecule has 2 aromatic rings. The highest BCUT2D eigenvalue weighted by molar-refractivity contribution is 9.10. The van der Waals surface area contributed by atoms with Crippen molar-refractivity contribution in [3.63, 3.8) is 0 Å². The van der Waals surface area contributed by atoms with Gasteiger partial charge in [0.1, 0.15) is 5.82 Å². The Bertz CT molecular complexity index is 525. The van der Waals surface area contributed by atoms with Gasteiger partial charge in [0.05, 0.1) is 5.02 Å². The minimum atomic E-state index is 0.749. The number of aryl methyl sites for hydroxylation is 1. The molecule has 0 aliphatic rings. The van der Waals surface area contributed by atoms with Gasteiger partial charge < -0.3 is 9.88 Å². The summed E-state index contributed by atoms with van der Waals surface area (Å²) in [5.41, 5.74) is 1.18. The van der Waals surface area contributed by atoms with Crippen LogP contribution in [0.5, 0.6) is 0 Å². The van der Waals surface area contributed by atoms with Crippen LogP contribution in [0, 0.1) is 0 Å². The fourth-order valence-corrected chi connectivity index (χ4v) is 2.17.